The molecule has 2 aromatic rings. The summed E-state index contributed by atoms with van der Waals surface area (Å²) in [5.74, 6) is -0.299. The number of carboxylic acids is 1. The smallest absolute Gasteiger partial charge is 0.323 e. The van der Waals surface area contributed by atoms with Crippen molar-refractivity contribution >= 4 is 23.4 Å². The fraction of sp³-hybridized carbons (Fsp3) is 0.154. The second-order valence-electron chi connectivity index (χ2n) is 3.93. The van der Waals surface area contributed by atoms with Crippen LogP contribution in [0.2, 0.25) is 5.15 Å². The van der Waals surface area contributed by atoms with Crippen molar-refractivity contribution in [2.75, 3.05) is 11.4 Å². The summed E-state index contributed by atoms with van der Waals surface area (Å²) in [5, 5.41) is 9.37. The summed E-state index contributed by atoms with van der Waals surface area (Å²) >= 11 is 5.72. The fourth-order valence-electron chi connectivity index (χ4n) is 1.64. The molecule has 1 N–H and O–H groups in total. The van der Waals surface area contributed by atoms with Crippen LogP contribution in [0.5, 0.6) is 0 Å². The molecule has 98 valence electrons. The highest BCUT2D eigenvalue weighted by Gasteiger charge is 2.12. The zero-order chi connectivity index (χ0) is 13.7. The molecule has 0 amide bonds. The molecule has 0 saturated heterocycles. The first-order valence-corrected chi connectivity index (χ1v) is 6.01. The molecule has 2 heterocycles. The van der Waals surface area contributed by atoms with Gasteiger partial charge in [-0.1, -0.05) is 23.7 Å². The molecule has 0 fully saturated rings. The van der Waals surface area contributed by atoms with Crippen LogP contribution in [0.25, 0.3) is 0 Å². The molecule has 0 aliphatic rings. The predicted octanol–water partition coefficient (Wildman–Crippen LogP) is 2.22. The molecule has 0 aliphatic heterocycles. The first kappa shape index (κ1) is 13.3. The number of carbonyl (C=O) groups is 1. The second kappa shape index (κ2) is 6.15. The Kier molecular flexibility index (Phi) is 4.30. The van der Waals surface area contributed by atoms with Crippen molar-refractivity contribution in [3.8, 4) is 0 Å². The first-order valence-electron chi connectivity index (χ1n) is 5.63. The summed E-state index contributed by atoms with van der Waals surface area (Å²) in [6.07, 6.45) is 3.25. The van der Waals surface area contributed by atoms with Crippen LogP contribution in [0.3, 0.4) is 0 Å². The van der Waals surface area contributed by atoms with Crippen molar-refractivity contribution in [3.63, 3.8) is 0 Å². The molecule has 0 atom stereocenters. The third-order valence-electron chi connectivity index (χ3n) is 2.46. The molecule has 0 bridgehead atoms. The van der Waals surface area contributed by atoms with Crippen LogP contribution in [0.4, 0.5) is 5.82 Å². The summed E-state index contributed by atoms with van der Waals surface area (Å²) in [7, 11) is 0. The molecule has 19 heavy (non-hydrogen) atoms. The average Bonchev–Trinajstić information content (AvgIpc) is 2.41. The first-order chi connectivity index (χ1) is 9.15. The molecule has 0 unspecified atom stereocenters. The molecule has 0 spiro atoms. The molecule has 2 rings (SSSR count). The van der Waals surface area contributed by atoms with Crippen LogP contribution in [-0.2, 0) is 11.3 Å². The molecule has 5 nitrogen and oxygen atoms in total. The van der Waals surface area contributed by atoms with Crippen molar-refractivity contribution in [2.45, 2.75) is 6.54 Å². The lowest BCUT2D eigenvalue weighted by Gasteiger charge is -2.21. The van der Waals surface area contributed by atoms with E-state index in [4.69, 9.17) is 16.7 Å². The van der Waals surface area contributed by atoms with Gasteiger partial charge >= 0.3 is 5.97 Å². The Balaban J connectivity index is 2.19. The maximum Gasteiger partial charge on any atom is 0.323 e. The van der Waals surface area contributed by atoms with Crippen LogP contribution in [-0.4, -0.2) is 27.6 Å². The van der Waals surface area contributed by atoms with Gasteiger partial charge in [0.2, 0.25) is 0 Å². The number of pyridine rings is 2. The summed E-state index contributed by atoms with van der Waals surface area (Å²) in [6.45, 7) is 0.285. The van der Waals surface area contributed by atoms with E-state index in [0.717, 1.165) is 5.56 Å². The normalized spacial score (nSPS) is 10.2. The van der Waals surface area contributed by atoms with Crippen molar-refractivity contribution in [1.82, 2.24) is 9.97 Å². The molecule has 0 aliphatic carbocycles. The second-order valence-corrected chi connectivity index (χ2v) is 4.31. The lowest BCUT2D eigenvalue weighted by atomic mass is 10.2. The zero-order valence-electron chi connectivity index (χ0n) is 10.0. The maximum atomic E-state index is 10.9. The van der Waals surface area contributed by atoms with Crippen molar-refractivity contribution < 1.29 is 9.90 Å². The Morgan fingerprint density at radius 2 is 2.11 bits per heavy atom. The summed E-state index contributed by atoms with van der Waals surface area (Å²) in [5.41, 5.74) is 0.872. The van der Waals surface area contributed by atoms with Gasteiger partial charge in [-0.3, -0.25) is 4.79 Å². The minimum absolute atomic E-state index is 0.125. The highest BCUT2D eigenvalue weighted by molar-refractivity contribution is 6.29. The summed E-state index contributed by atoms with van der Waals surface area (Å²) < 4.78 is 0. The van der Waals surface area contributed by atoms with Gasteiger partial charge in [0.15, 0.2) is 0 Å². The van der Waals surface area contributed by atoms with Gasteiger partial charge in [-0.2, -0.15) is 0 Å². The van der Waals surface area contributed by atoms with Gasteiger partial charge < -0.3 is 10.0 Å². The quantitative estimate of drug-likeness (QED) is 0.849. The van der Waals surface area contributed by atoms with Gasteiger partial charge in [-0.15, -0.1) is 0 Å². The number of anilines is 1. The van der Waals surface area contributed by atoms with Crippen molar-refractivity contribution in [3.05, 3.63) is 53.4 Å². The molecular formula is C13H12ClN3O2. The van der Waals surface area contributed by atoms with E-state index in [9.17, 15) is 4.79 Å². The predicted molar refractivity (Wildman–Crippen MR) is 72.2 cm³/mol. The van der Waals surface area contributed by atoms with E-state index in [2.05, 4.69) is 9.97 Å². The zero-order valence-corrected chi connectivity index (χ0v) is 10.8. The average molecular weight is 278 g/mol. The van der Waals surface area contributed by atoms with Gasteiger partial charge in [-0.25, -0.2) is 9.97 Å². The van der Waals surface area contributed by atoms with Crippen molar-refractivity contribution in [2.24, 2.45) is 0 Å². The SMILES string of the molecule is O=C(O)CN(Cc1ccc(Cl)nc1)c1ccccn1. The number of rotatable bonds is 5. The van der Waals surface area contributed by atoms with E-state index in [-0.39, 0.29) is 6.54 Å². The van der Waals surface area contributed by atoms with Crippen LogP contribution < -0.4 is 4.90 Å². The van der Waals surface area contributed by atoms with E-state index in [1.807, 2.05) is 12.1 Å². The summed E-state index contributed by atoms with van der Waals surface area (Å²) in [6, 6.07) is 8.86. The number of aromatic nitrogens is 2. The van der Waals surface area contributed by atoms with Gasteiger partial charge in [0.1, 0.15) is 17.5 Å². The van der Waals surface area contributed by atoms with E-state index in [1.165, 1.54) is 0 Å². The van der Waals surface area contributed by atoms with Gasteiger partial charge in [0.05, 0.1) is 0 Å². The third-order valence-corrected chi connectivity index (χ3v) is 2.69. The Hall–Kier alpha value is -2.14. The lowest BCUT2D eigenvalue weighted by molar-refractivity contribution is -0.135. The van der Waals surface area contributed by atoms with E-state index in [1.54, 1.807) is 35.5 Å². The highest BCUT2D eigenvalue weighted by Crippen LogP contribution is 2.14. The van der Waals surface area contributed by atoms with Gasteiger partial charge in [0, 0.05) is 18.9 Å². The topological polar surface area (TPSA) is 66.3 Å². The van der Waals surface area contributed by atoms with Gasteiger partial charge in [0.25, 0.3) is 0 Å². The van der Waals surface area contributed by atoms with Crippen molar-refractivity contribution in [1.29, 1.82) is 0 Å². The standard InChI is InChI=1S/C13H12ClN3O2/c14-11-5-4-10(7-16-11)8-17(9-13(18)19)12-3-1-2-6-15-12/h1-7H,8-9H2,(H,18,19). The molecule has 2 aromatic heterocycles. The third kappa shape index (κ3) is 3.93. The lowest BCUT2D eigenvalue weighted by Crippen LogP contribution is -2.29. The molecule has 0 aromatic carbocycles. The number of halogens is 1. The number of nitrogens with zero attached hydrogens (tertiary/aromatic N) is 3. The van der Waals surface area contributed by atoms with E-state index >= 15 is 0 Å². The van der Waals surface area contributed by atoms with E-state index in [0.29, 0.717) is 17.5 Å². The Bertz CT molecular complexity index is 546. The Labute approximate surface area is 115 Å². The molecule has 0 radical (unpaired) electrons. The minimum atomic E-state index is -0.910. The number of hydrogen-bond acceptors (Lipinski definition) is 4. The van der Waals surface area contributed by atoms with Crippen LogP contribution in [0.1, 0.15) is 5.56 Å². The number of aliphatic carboxylic acids is 1. The Morgan fingerprint density at radius 1 is 1.26 bits per heavy atom. The fourth-order valence-corrected chi connectivity index (χ4v) is 1.75. The molecule has 0 saturated carbocycles. The van der Waals surface area contributed by atoms with Crippen LogP contribution in [0.15, 0.2) is 42.7 Å². The Morgan fingerprint density at radius 3 is 2.68 bits per heavy atom. The van der Waals surface area contributed by atoms with Crippen LogP contribution >= 0.6 is 11.6 Å². The molecular weight excluding hydrogens is 266 g/mol. The monoisotopic (exact) mass is 277 g/mol. The maximum absolute atomic E-state index is 10.9. The minimum Gasteiger partial charge on any atom is -0.480 e. The number of hydrogen-bond donors (Lipinski definition) is 1. The molecule has 6 heteroatoms. The van der Waals surface area contributed by atoms with Gasteiger partial charge in [-0.05, 0) is 23.8 Å². The largest absolute Gasteiger partial charge is 0.480 e. The van der Waals surface area contributed by atoms with Crippen LogP contribution in [0, 0.1) is 0 Å². The number of carboxylic acid groups (broad SMARTS) is 1. The summed E-state index contributed by atoms with van der Waals surface area (Å²) in [4.78, 5) is 20.7. The van der Waals surface area contributed by atoms with E-state index < -0.39 is 5.97 Å². The highest BCUT2D eigenvalue weighted by atomic mass is 35.5.